The fraction of sp³-hybridized carbons (Fsp3) is 0.222. The van der Waals surface area contributed by atoms with Crippen LogP contribution in [-0.4, -0.2) is 31.6 Å². The maximum absolute atomic E-state index is 9.21. The number of rotatable bonds is 3. The van der Waals surface area contributed by atoms with Gasteiger partial charge < -0.3 is 4.52 Å². The van der Waals surface area contributed by atoms with Gasteiger partial charge >= 0.3 is 0 Å². The van der Waals surface area contributed by atoms with Gasteiger partial charge in [0.05, 0.1) is 11.3 Å². The van der Waals surface area contributed by atoms with E-state index in [1.807, 2.05) is 12.1 Å². The van der Waals surface area contributed by atoms with Crippen LogP contribution in [0.4, 0.5) is 0 Å². The topological polar surface area (TPSA) is 116 Å². The van der Waals surface area contributed by atoms with Crippen molar-refractivity contribution in [3.8, 4) is 35.0 Å². The summed E-state index contributed by atoms with van der Waals surface area (Å²) in [5, 5.41) is 22.3. The molecule has 0 N–H and O–H groups in total. The highest BCUT2D eigenvalue weighted by Gasteiger charge is 2.30. The molecular weight excluding hydrogens is 330 g/mol. The predicted molar refractivity (Wildman–Crippen MR) is 89.8 cm³/mol. The lowest BCUT2D eigenvalue weighted by Crippen LogP contribution is -2.17. The molecule has 0 aromatic carbocycles. The molecule has 1 saturated heterocycles. The third kappa shape index (κ3) is 2.74. The van der Waals surface area contributed by atoms with Crippen molar-refractivity contribution in [2.75, 3.05) is 6.54 Å². The van der Waals surface area contributed by atoms with E-state index in [4.69, 9.17) is 9.78 Å². The highest BCUT2D eigenvalue weighted by Crippen LogP contribution is 2.33. The lowest BCUT2D eigenvalue weighted by Gasteiger charge is -2.13. The Labute approximate surface area is 149 Å². The maximum atomic E-state index is 9.21. The third-order valence-electron chi connectivity index (χ3n) is 4.31. The number of nitriles is 2. The molecular formula is C18H13N7O. The number of aromatic nitrogens is 4. The molecule has 0 saturated carbocycles. The molecule has 0 spiro atoms. The molecule has 1 aliphatic heterocycles. The van der Waals surface area contributed by atoms with Crippen LogP contribution in [0.15, 0.2) is 41.2 Å². The van der Waals surface area contributed by atoms with E-state index in [1.54, 1.807) is 35.5 Å². The van der Waals surface area contributed by atoms with Gasteiger partial charge in [-0.05, 0) is 37.1 Å². The SMILES string of the molecule is N#Cc1cc(-c2ncccc2-c2nc(C3CCCN3C#N)no2)ccn1. The lowest BCUT2D eigenvalue weighted by molar-refractivity contribution is 0.339. The summed E-state index contributed by atoms with van der Waals surface area (Å²) in [5.41, 5.74) is 2.35. The average Bonchev–Trinajstić information content (AvgIpc) is 3.37. The first-order valence-electron chi connectivity index (χ1n) is 8.12. The zero-order chi connectivity index (χ0) is 17.9. The molecule has 1 unspecified atom stereocenters. The fourth-order valence-corrected chi connectivity index (χ4v) is 3.08. The van der Waals surface area contributed by atoms with Crippen LogP contribution in [0.3, 0.4) is 0 Å². The van der Waals surface area contributed by atoms with Crippen molar-refractivity contribution < 1.29 is 4.52 Å². The Morgan fingerprint density at radius 3 is 2.96 bits per heavy atom. The Balaban J connectivity index is 1.74. The zero-order valence-corrected chi connectivity index (χ0v) is 13.7. The van der Waals surface area contributed by atoms with Crippen LogP contribution in [0, 0.1) is 22.8 Å². The summed E-state index contributed by atoms with van der Waals surface area (Å²) in [4.78, 5) is 14.6. The zero-order valence-electron chi connectivity index (χ0n) is 13.7. The predicted octanol–water partition coefficient (Wildman–Crippen LogP) is 2.68. The van der Waals surface area contributed by atoms with Crippen molar-refractivity contribution in [2.45, 2.75) is 18.9 Å². The molecule has 126 valence electrons. The van der Waals surface area contributed by atoms with Crippen LogP contribution in [0.2, 0.25) is 0 Å². The first kappa shape index (κ1) is 15.7. The van der Waals surface area contributed by atoms with Crippen LogP contribution >= 0.6 is 0 Å². The summed E-state index contributed by atoms with van der Waals surface area (Å²) in [6, 6.07) is 8.93. The summed E-state index contributed by atoms with van der Waals surface area (Å²) in [6.07, 6.45) is 7.15. The molecule has 1 fully saturated rings. The van der Waals surface area contributed by atoms with E-state index in [0.29, 0.717) is 35.2 Å². The molecule has 8 nitrogen and oxygen atoms in total. The molecule has 0 aliphatic carbocycles. The minimum Gasteiger partial charge on any atom is -0.334 e. The first-order valence-corrected chi connectivity index (χ1v) is 8.12. The Hall–Kier alpha value is -3.78. The highest BCUT2D eigenvalue weighted by molar-refractivity contribution is 5.76. The fourth-order valence-electron chi connectivity index (χ4n) is 3.08. The molecule has 0 radical (unpaired) electrons. The Kier molecular flexibility index (Phi) is 4.00. The van der Waals surface area contributed by atoms with Gasteiger partial charge in [-0.3, -0.25) is 9.88 Å². The summed E-state index contributed by atoms with van der Waals surface area (Å²) < 4.78 is 5.46. The van der Waals surface area contributed by atoms with Crippen LogP contribution in [0.25, 0.3) is 22.7 Å². The number of pyridine rings is 2. The van der Waals surface area contributed by atoms with Gasteiger partial charge in [0.15, 0.2) is 12.0 Å². The molecule has 4 rings (SSSR count). The number of hydrogen-bond donors (Lipinski definition) is 0. The monoisotopic (exact) mass is 343 g/mol. The van der Waals surface area contributed by atoms with Gasteiger partial charge in [0.1, 0.15) is 17.8 Å². The number of likely N-dealkylation sites (tertiary alicyclic amines) is 1. The molecule has 8 heteroatoms. The van der Waals surface area contributed by atoms with Crippen molar-refractivity contribution in [1.82, 2.24) is 25.0 Å². The molecule has 4 heterocycles. The van der Waals surface area contributed by atoms with Crippen molar-refractivity contribution >= 4 is 0 Å². The largest absolute Gasteiger partial charge is 0.334 e. The van der Waals surface area contributed by atoms with E-state index < -0.39 is 0 Å². The second-order valence-electron chi connectivity index (χ2n) is 5.85. The summed E-state index contributed by atoms with van der Waals surface area (Å²) in [7, 11) is 0. The van der Waals surface area contributed by atoms with E-state index in [2.05, 4.69) is 26.3 Å². The molecule has 26 heavy (non-hydrogen) atoms. The molecule has 1 aliphatic rings. The smallest absolute Gasteiger partial charge is 0.260 e. The molecule has 0 amide bonds. The second kappa shape index (κ2) is 6.61. The Bertz CT molecular complexity index is 1030. The minimum absolute atomic E-state index is 0.149. The summed E-state index contributed by atoms with van der Waals surface area (Å²) >= 11 is 0. The number of nitrogens with zero attached hydrogens (tertiary/aromatic N) is 7. The van der Waals surface area contributed by atoms with Gasteiger partial charge in [0.2, 0.25) is 0 Å². The number of hydrogen-bond acceptors (Lipinski definition) is 8. The first-order chi connectivity index (χ1) is 12.8. The highest BCUT2D eigenvalue weighted by atomic mass is 16.5. The van der Waals surface area contributed by atoms with Gasteiger partial charge in [0.25, 0.3) is 5.89 Å². The van der Waals surface area contributed by atoms with E-state index in [9.17, 15) is 5.26 Å². The lowest BCUT2D eigenvalue weighted by atomic mass is 10.1. The Morgan fingerprint density at radius 2 is 2.12 bits per heavy atom. The van der Waals surface area contributed by atoms with Gasteiger partial charge in [-0.25, -0.2) is 4.98 Å². The van der Waals surface area contributed by atoms with Crippen molar-refractivity contribution in [1.29, 1.82) is 10.5 Å². The molecule has 3 aromatic heterocycles. The summed E-state index contributed by atoms with van der Waals surface area (Å²) in [6.45, 7) is 0.705. The molecule has 1 atom stereocenters. The Morgan fingerprint density at radius 1 is 1.19 bits per heavy atom. The quantitative estimate of drug-likeness (QED) is 0.666. The van der Waals surface area contributed by atoms with E-state index in [-0.39, 0.29) is 6.04 Å². The van der Waals surface area contributed by atoms with Gasteiger partial charge in [0, 0.05) is 24.5 Å². The average molecular weight is 343 g/mol. The van der Waals surface area contributed by atoms with E-state index >= 15 is 0 Å². The van der Waals surface area contributed by atoms with Gasteiger partial charge in [-0.2, -0.15) is 15.5 Å². The van der Waals surface area contributed by atoms with Crippen LogP contribution in [0.1, 0.15) is 30.4 Å². The molecule has 3 aromatic rings. The van der Waals surface area contributed by atoms with Crippen molar-refractivity contribution in [3.05, 3.63) is 48.2 Å². The van der Waals surface area contributed by atoms with Crippen LogP contribution in [-0.2, 0) is 0 Å². The van der Waals surface area contributed by atoms with Gasteiger partial charge in [-0.15, -0.1) is 0 Å². The normalized spacial score (nSPS) is 16.2. The summed E-state index contributed by atoms with van der Waals surface area (Å²) in [5.74, 6) is 0.838. The standard InChI is InChI=1S/C18H13N7O/c19-10-13-9-12(5-7-21-13)16-14(3-1-6-22-16)18-23-17(24-26-18)15-4-2-8-25(15)11-20/h1,3,5-7,9,15H,2,4,8H2. The van der Waals surface area contributed by atoms with Crippen LogP contribution < -0.4 is 0 Å². The van der Waals surface area contributed by atoms with E-state index in [1.165, 1.54) is 0 Å². The van der Waals surface area contributed by atoms with Crippen molar-refractivity contribution in [3.63, 3.8) is 0 Å². The van der Waals surface area contributed by atoms with Gasteiger partial charge in [-0.1, -0.05) is 5.16 Å². The second-order valence-corrected chi connectivity index (χ2v) is 5.85. The van der Waals surface area contributed by atoms with Crippen LogP contribution in [0.5, 0.6) is 0 Å². The molecule has 0 bridgehead atoms. The maximum Gasteiger partial charge on any atom is 0.260 e. The van der Waals surface area contributed by atoms with Crippen molar-refractivity contribution in [2.24, 2.45) is 0 Å². The third-order valence-corrected chi connectivity index (χ3v) is 4.31. The van der Waals surface area contributed by atoms with E-state index in [0.717, 1.165) is 18.4 Å². The minimum atomic E-state index is -0.149.